The Morgan fingerprint density at radius 3 is 2.73 bits per heavy atom. The number of hydrogen-bond donors (Lipinski definition) is 3. The van der Waals surface area contributed by atoms with E-state index >= 15 is 0 Å². The molecule has 1 amide bonds. The first-order valence-electron chi connectivity index (χ1n) is 6.73. The zero-order valence-corrected chi connectivity index (χ0v) is 13.6. The number of hydrazine groups is 1. The van der Waals surface area contributed by atoms with Gasteiger partial charge in [0.1, 0.15) is 5.56 Å². The Labute approximate surface area is 138 Å². The molecule has 0 bridgehead atoms. The number of nitrogens with zero attached hydrogens (tertiary/aromatic N) is 1. The number of nitro groups is 1. The summed E-state index contributed by atoms with van der Waals surface area (Å²) in [6, 6.07) is 3.76. The smallest absolute Gasteiger partial charge is 0.282 e. The molecule has 22 heavy (non-hydrogen) atoms. The molecule has 0 saturated carbocycles. The van der Waals surface area contributed by atoms with Crippen molar-refractivity contribution < 1.29 is 9.72 Å². The van der Waals surface area contributed by atoms with Gasteiger partial charge in [0, 0.05) is 17.6 Å². The maximum absolute atomic E-state index is 12.0. The van der Waals surface area contributed by atoms with E-state index in [2.05, 4.69) is 23.1 Å². The van der Waals surface area contributed by atoms with Gasteiger partial charge in [-0.15, -0.1) is 0 Å². The van der Waals surface area contributed by atoms with Gasteiger partial charge in [0.25, 0.3) is 11.6 Å². The molecule has 0 aromatic heterocycles. The molecule has 9 heteroatoms. The number of nitrogens with one attached hydrogen (secondary N) is 3. The van der Waals surface area contributed by atoms with E-state index in [9.17, 15) is 14.9 Å². The van der Waals surface area contributed by atoms with Crippen molar-refractivity contribution in [1.82, 2.24) is 16.2 Å². The Morgan fingerprint density at radius 2 is 2.09 bits per heavy atom. The van der Waals surface area contributed by atoms with Gasteiger partial charge in [0.15, 0.2) is 5.11 Å². The number of rotatable bonds is 6. The molecule has 1 rings (SSSR count). The highest BCUT2D eigenvalue weighted by molar-refractivity contribution is 7.80. The molecule has 0 atom stereocenters. The zero-order chi connectivity index (χ0) is 16.5. The summed E-state index contributed by atoms with van der Waals surface area (Å²) in [7, 11) is 0. The monoisotopic (exact) mass is 344 g/mol. The number of carbonyl (C=O) groups excluding carboxylic acids is 1. The largest absolute Gasteiger partial charge is 0.361 e. The van der Waals surface area contributed by atoms with Gasteiger partial charge in [0.05, 0.1) is 4.92 Å². The number of thiocarbonyl (C=S) groups is 1. The van der Waals surface area contributed by atoms with Gasteiger partial charge in [-0.3, -0.25) is 25.8 Å². The van der Waals surface area contributed by atoms with Crippen LogP contribution in [0.15, 0.2) is 18.2 Å². The van der Waals surface area contributed by atoms with Gasteiger partial charge >= 0.3 is 0 Å². The Bertz CT molecular complexity index is 568. The number of amides is 1. The number of unbranched alkanes of at least 4 members (excludes halogenated alkanes) is 2. The lowest BCUT2D eigenvalue weighted by molar-refractivity contribution is -0.385. The summed E-state index contributed by atoms with van der Waals surface area (Å²) in [5.41, 5.74) is 4.34. The fourth-order valence-electron chi connectivity index (χ4n) is 1.65. The highest BCUT2D eigenvalue weighted by Gasteiger charge is 2.20. The third kappa shape index (κ3) is 5.82. The minimum atomic E-state index is -0.688. The van der Waals surface area contributed by atoms with Gasteiger partial charge in [-0.1, -0.05) is 31.4 Å². The average Bonchev–Trinajstić information content (AvgIpc) is 2.48. The Hall–Kier alpha value is -1.93. The second-order valence-corrected chi connectivity index (χ2v) is 5.31. The van der Waals surface area contributed by atoms with Crippen molar-refractivity contribution in [2.75, 3.05) is 6.54 Å². The number of carbonyl (C=O) groups is 1. The minimum absolute atomic E-state index is 0.140. The van der Waals surface area contributed by atoms with Crippen LogP contribution < -0.4 is 16.2 Å². The molecule has 0 aliphatic carbocycles. The Balaban J connectivity index is 2.57. The second-order valence-electron chi connectivity index (χ2n) is 4.46. The van der Waals surface area contributed by atoms with Crippen molar-refractivity contribution in [3.05, 3.63) is 38.9 Å². The fraction of sp³-hybridized carbons (Fsp3) is 0.385. The predicted octanol–water partition coefficient (Wildman–Crippen LogP) is 2.55. The molecule has 7 nitrogen and oxygen atoms in total. The average molecular weight is 345 g/mol. The lowest BCUT2D eigenvalue weighted by Gasteiger charge is -2.11. The molecular formula is C13H17ClN4O3S. The molecular weight excluding hydrogens is 328 g/mol. The van der Waals surface area contributed by atoms with Crippen molar-refractivity contribution in [2.45, 2.75) is 26.2 Å². The number of nitro benzene ring substituents is 1. The van der Waals surface area contributed by atoms with Crippen molar-refractivity contribution in [1.29, 1.82) is 0 Å². The molecule has 0 aliphatic rings. The van der Waals surface area contributed by atoms with Crippen LogP contribution in [-0.2, 0) is 0 Å². The molecule has 0 unspecified atom stereocenters. The third-order valence-corrected chi connectivity index (χ3v) is 3.24. The van der Waals surface area contributed by atoms with Crippen molar-refractivity contribution in [3.8, 4) is 0 Å². The number of hydrogen-bond acceptors (Lipinski definition) is 4. The predicted molar refractivity (Wildman–Crippen MR) is 88.8 cm³/mol. The van der Waals surface area contributed by atoms with Crippen LogP contribution in [0, 0.1) is 10.1 Å². The van der Waals surface area contributed by atoms with Crippen LogP contribution in [0.2, 0.25) is 5.02 Å². The lowest BCUT2D eigenvalue weighted by Crippen LogP contribution is -2.47. The zero-order valence-electron chi connectivity index (χ0n) is 12.0. The van der Waals surface area contributed by atoms with Crippen molar-refractivity contribution >= 4 is 40.5 Å². The lowest BCUT2D eigenvalue weighted by atomic mass is 10.2. The first-order valence-corrected chi connectivity index (χ1v) is 7.52. The maximum Gasteiger partial charge on any atom is 0.282 e. The van der Waals surface area contributed by atoms with Crippen LogP contribution in [0.4, 0.5) is 5.69 Å². The first kappa shape index (κ1) is 18.1. The molecule has 0 spiro atoms. The topological polar surface area (TPSA) is 96.3 Å². The highest BCUT2D eigenvalue weighted by Crippen LogP contribution is 2.22. The normalized spacial score (nSPS) is 9.91. The van der Waals surface area contributed by atoms with Crippen LogP contribution in [-0.4, -0.2) is 22.5 Å². The highest BCUT2D eigenvalue weighted by atomic mass is 35.5. The van der Waals surface area contributed by atoms with Gasteiger partial charge in [-0.05, 0) is 30.8 Å². The molecule has 120 valence electrons. The summed E-state index contributed by atoms with van der Waals surface area (Å²) in [6.07, 6.45) is 3.14. The number of halogens is 1. The fourth-order valence-corrected chi connectivity index (χ4v) is 1.98. The third-order valence-electron chi connectivity index (χ3n) is 2.76. The molecule has 3 N–H and O–H groups in total. The van der Waals surface area contributed by atoms with E-state index in [1.807, 2.05) is 0 Å². The Morgan fingerprint density at radius 1 is 1.36 bits per heavy atom. The molecule has 0 heterocycles. The van der Waals surface area contributed by atoms with Crippen LogP contribution in [0.3, 0.4) is 0 Å². The minimum Gasteiger partial charge on any atom is -0.361 e. The molecule has 0 radical (unpaired) electrons. The molecule has 1 aromatic rings. The van der Waals surface area contributed by atoms with E-state index in [-0.39, 0.29) is 21.4 Å². The van der Waals surface area contributed by atoms with E-state index in [0.717, 1.165) is 19.3 Å². The van der Waals surface area contributed by atoms with Crippen LogP contribution in [0.5, 0.6) is 0 Å². The summed E-state index contributed by atoms with van der Waals surface area (Å²) < 4.78 is 0. The summed E-state index contributed by atoms with van der Waals surface area (Å²) in [6.45, 7) is 2.78. The molecule has 0 aliphatic heterocycles. The van der Waals surface area contributed by atoms with Gasteiger partial charge in [-0.2, -0.15) is 0 Å². The molecule has 0 fully saturated rings. The maximum atomic E-state index is 12.0. The molecule has 1 aromatic carbocycles. The number of benzene rings is 1. The van der Waals surface area contributed by atoms with E-state index in [0.29, 0.717) is 6.54 Å². The van der Waals surface area contributed by atoms with E-state index in [1.165, 1.54) is 18.2 Å². The van der Waals surface area contributed by atoms with Crippen LogP contribution in [0.25, 0.3) is 0 Å². The van der Waals surface area contributed by atoms with Gasteiger partial charge in [0.2, 0.25) is 0 Å². The van der Waals surface area contributed by atoms with Crippen molar-refractivity contribution in [3.63, 3.8) is 0 Å². The van der Waals surface area contributed by atoms with Crippen LogP contribution in [0.1, 0.15) is 36.5 Å². The summed E-state index contributed by atoms with van der Waals surface area (Å²) >= 11 is 10.8. The van der Waals surface area contributed by atoms with E-state index in [1.54, 1.807) is 0 Å². The standard InChI is InChI=1S/C13H17ClN4O3S/c1-2-3-4-7-15-13(22)17-16-12(19)10-8-9(14)5-6-11(10)18(20)21/h5-6,8H,2-4,7H2,1H3,(H,16,19)(H2,15,17,22). The first-order chi connectivity index (χ1) is 10.5. The second kappa shape index (κ2) is 9.16. The summed E-state index contributed by atoms with van der Waals surface area (Å²) in [4.78, 5) is 22.2. The Kier molecular flexibility index (Phi) is 7.55. The van der Waals surface area contributed by atoms with E-state index < -0.39 is 10.8 Å². The SMILES string of the molecule is CCCCCNC(=S)NNC(=O)c1cc(Cl)ccc1[N+](=O)[O-]. The quantitative estimate of drug-likeness (QED) is 0.317. The van der Waals surface area contributed by atoms with Gasteiger partial charge in [-0.25, -0.2) is 0 Å². The van der Waals surface area contributed by atoms with E-state index in [4.69, 9.17) is 23.8 Å². The molecule has 0 saturated heterocycles. The van der Waals surface area contributed by atoms with Crippen molar-refractivity contribution in [2.24, 2.45) is 0 Å². The summed E-state index contributed by atoms with van der Waals surface area (Å²) in [5, 5.41) is 14.3. The van der Waals surface area contributed by atoms with Gasteiger partial charge < -0.3 is 5.32 Å². The van der Waals surface area contributed by atoms with Crippen LogP contribution >= 0.6 is 23.8 Å². The summed E-state index contributed by atoms with van der Waals surface area (Å²) in [5.74, 6) is -0.688.